The number of hydrogen-bond donors (Lipinski definition) is 1. The number of rotatable bonds is 4. The Kier molecular flexibility index (Phi) is 4.83. The molecule has 1 heterocycles. The summed E-state index contributed by atoms with van der Waals surface area (Å²) in [5.41, 5.74) is 1.19. The lowest BCUT2D eigenvalue weighted by atomic mass is 9.95. The number of nitrogens with zero attached hydrogens (tertiary/aromatic N) is 2. The highest BCUT2D eigenvalue weighted by Crippen LogP contribution is 2.25. The maximum Gasteiger partial charge on any atom is 0.115 e. The van der Waals surface area contributed by atoms with Crippen LogP contribution in [-0.2, 0) is 0 Å². The van der Waals surface area contributed by atoms with Crippen molar-refractivity contribution in [3.05, 3.63) is 29.8 Å². The van der Waals surface area contributed by atoms with E-state index in [1.165, 1.54) is 31.5 Å². The van der Waals surface area contributed by atoms with Crippen LogP contribution >= 0.6 is 0 Å². The first-order chi connectivity index (χ1) is 9.06. The third-order valence-corrected chi connectivity index (χ3v) is 4.40. The molecule has 0 bridgehead atoms. The van der Waals surface area contributed by atoms with Crippen molar-refractivity contribution in [1.82, 2.24) is 9.80 Å². The number of aromatic hydroxyl groups is 1. The molecule has 1 saturated heterocycles. The first kappa shape index (κ1) is 14.4. The van der Waals surface area contributed by atoms with E-state index in [2.05, 4.69) is 36.9 Å². The summed E-state index contributed by atoms with van der Waals surface area (Å²) >= 11 is 0. The Morgan fingerprint density at radius 2 is 2.05 bits per heavy atom. The third kappa shape index (κ3) is 3.95. The van der Waals surface area contributed by atoms with Gasteiger partial charge in [-0.3, -0.25) is 4.90 Å². The second kappa shape index (κ2) is 6.40. The Bertz CT molecular complexity index is 399. The van der Waals surface area contributed by atoms with Crippen molar-refractivity contribution in [3.8, 4) is 5.75 Å². The Morgan fingerprint density at radius 1 is 1.37 bits per heavy atom. The number of phenols is 1. The molecule has 1 fully saturated rings. The number of likely N-dealkylation sites (tertiary alicyclic amines) is 1. The molecule has 1 atom stereocenters. The maximum atomic E-state index is 9.57. The Balaban J connectivity index is 1.90. The van der Waals surface area contributed by atoms with E-state index in [-0.39, 0.29) is 0 Å². The van der Waals surface area contributed by atoms with Crippen LogP contribution in [0.2, 0.25) is 0 Å². The van der Waals surface area contributed by atoms with E-state index in [0.29, 0.717) is 11.8 Å². The fourth-order valence-electron chi connectivity index (χ4n) is 2.85. The Labute approximate surface area is 116 Å². The molecular formula is C16H26N2O. The molecule has 3 nitrogen and oxygen atoms in total. The minimum Gasteiger partial charge on any atom is -0.508 e. The summed E-state index contributed by atoms with van der Waals surface area (Å²) in [5.74, 6) is 1.16. The average molecular weight is 262 g/mol. The molecule has 0 aromatic heterocycles. The van der Waals surface area contributed by atoms with Crippen molar-refractivity contribution in [2.45, 2.75) is 25.8 Å². The van der Waals surface area contributed by atoms with Gasteiger partial charge in [0.15, 0.2) is 0 Å². The number of piperidine rings is 1. The smallest absolute Gasteiger partial charge is 0.115 e. The van der Waals surface area contributed by atoms with Gasteiger partial charge in [0.25, 0.3) is 0 Å². The number of benzene rings is 1. The van der Waals surface area contributed by atoms with Gasteiger partial charge in [0.1, 0.15) is 5.75 Å². The van der Waals surface area contributed by atoms with Crippen molar-refractivity contribution < 1.29 is 5.11 Å². The van der Waals surface area contributed by atoms with Crippen LogP contribution in [-0.4, -0.2) is 48.6 Å². The van der Waals surface area contributed by atoms with Gasteiger partial charge in [0.2, 0.25) is 0 Å². The molecule has 1 aliphatic heterocycles. The van der Waals surface area contributed by atoms with Gasteiger partial charge in [0.05, 0.1) is 0 Å². The highest BCUT2D eigenvalue weighted by atomic mass is 16.3. The summed E-state index contributed by atoms with van der Waals surface area (Å²) in [6, 6.07) is 7.97. The zero-order valence-corrected chi connectivity index (χ0v) is 12.3. The molecule has 19 heavy (non-hydrogen) atoms. The van der Waals surface area contributed by atoms with Crippen molar-refractivity contribution in [1.29, 1.82) is 0 Å². The van der Waals surface area contributed by atoms with Gasteiger partial charge in [0, 0.05) is 12.6 Å². The summed E-state index contributed by atoms with van der Waals surface area (Å²) in [6.07, 6.45) is 2.60. The molecule has 0 saturated carbocycles. The van der Waals surface area contributed by atoms with Crippen molar-refractivity contribution in [2.75, 3.05) is 33.7 Å². The van der Waals surface area contributed by atoms with Crippen LogP contribution in [0.5, 0.6) is 5.75 Å². The second-order valence-electron chi connectivity index (χ2n) is 5.96. The molecule has 0 amide bonds. The van der Waals surface area contributed by atoms with Crippen molar-refractivity contribution in [2.24, 2.45) is 5.92 Å². The van der Waals surface area contributed by atoms with Crippen LogP contribution in [0.1, 0.15) is 31.4 Å². The van der Waals surface area contributed by atoms with Crippen LogP contribution in [0.4, 0.5) is 0 Å². The minimum absolute atomic E-state index is 0.353. The molecule has 1 N–H and O–H groups in total. The van der Waals surface area contributed by atoms with E-state index in [0.717, 1.165) is 12.5 Å². The average Bonchev–Trinajstić information content (AvgIpc) is 2.40. The predicted octanol–water partition coefficient (Wildman–Crippen LogP) is 2.73. The zero-order chi connectivity index (χ0) is 13.8. The van der Waals surface area contributed by atoms with Crippen LogP contribution < -0.4 is 0 Å². The molecule has 1 unspecified atom stereocenters. The minimum atomic E-state index is 0.353. The van der Waals surface area contributed by atoms with E-state index in [9.17, 15) is 5.11 Å². The third-order valence-electron chi connectivity index (χ3n) is 4.40. The van der Waals surface area contributed by atoms with Gasteiger partial charge in [-0.15, -0.1) is 0 Å². The van der Waals surface area contributed by atoms with Crippen molar-refractivity contribution >= 4 is 0 Å². The summed E-state index contributed by atoms with van der Waals surface area (Å²) < 4.78 is 0. The van der Waals surface area contributed by atoms with Gasteiger partial charge >= 0.3 is 0 Å². The molecule has 106 valence electrons. The molecule has 0 radical (unpaired) electrons. The molecule has 3 heteroatoms. The normalized spacial score (nSPS) is 19.8. The van der Waals surface area contributed by atoms with Crippen molar-refractivity contribution in [3.63, 3.8) is 0 Å². The monoisotopic (exact) mass is 262 g/mol. The fraction of sp³-hybridized carbons (Fsp3) is 0.625. The molecule has 1 aliphatic rings. The maximum absolute atomic E-state index is 9.57. The van der Waals surface area contributed by atoms with E-state index in [1.807, 2.05) is 12.1 Å². The SMILES string of the molecule is CC(c1cccc(O)c1)N(C)CC1CCN(C)CC1. The summed E-state index contributed by atoms with van der Waals surface area (Å²) in [6.45, 7) is 5.80. The predicted molar refractivity (Wildman–Crippen MR) is 79.4 cm³/mol. The highest BCUT2D eigenvalue weighted by molar-refractivity contribution is 5.29. The Morgan fingerprint density at radius 3 is 2.68 bits per heavy atom. The first-order valence-corrected chi connectivity index (χ1v) is 7.24. The van der Waals surface area contributed by atoms with Gasteiger partial charge in [-0.25, -0.2) is 0 Å². The number of phenolic OH excluding ortho intramolecular Hbond substituents is 1. The topological polar surface area (TPSA) is 26.7 Å². The van der Waals surface area contributed by atoms with Crippen LogP contribution in [0.3, 0.4) is 0 Å². The molecule has 1 aromatic carbocycles. The standard InChI is InChI=1S/C16H26N2O/c1-13(15-5-4-6-16(19)11-15)18(3)12-14-7-9-17(2)10-8-14/h4-6,11,13-14,19H,7-10,12H2,1-3H3. The van der Waals surface area contributed by atoms with E-state index in [4.69, 9.17) is 0 Å². The molecule has 0 spiro atoms. The van der Waals surface area contributed by atoms with E-state index < -0.39 is 0 Å². The van der Waals surface area contributed by atoms with Gasteiger partial charge in [-0.05, 0) is 70.6 Å². The first-order valence-electron chi connectivity index (χ1n) is 7.24. The summed E-state index contributed by atoms with van der Waals surface area (Å²) in [5, 5.41) is 9.57. The fourth-order valence-corrected chi connectivity index (χ4v) is 2.85. The number of hydrogen-bond acceptors (Lipinski definition) is 3. The molecule has 1 aromatic rings. The van der Waals surface area contributed by atoms with Gasteiger partial charge < -0.3 is 10.0 Å². The quantitative estimate of drug-likeness (QED) is 0.904. The summed E-state index contributed by atoms with van der Waals surface area (Å²) in [4.78, 5) is 4.82. The van der Waals surface area contributed by atoms with Gasteiger partial charge in [-0.1, -0.05) is 12.1 Å². The van der Waals surface area contributed by atoms with Gasteiger partial charge in [-0.2, -0.15) is 0 Å². The highest BCUT2D eigenvalue weighted by Gasteiger charge is 2.20. The molecular weight excluding hydrogens is 236 g/mol. The second-order valence-corrected chi connectivity index (χ2v) is 5.96. The zero-order valence-electron chi connectivity index (χ0n) is 12.3. The van der Waals surface area contributed by atoms with E-state index in [1.54, 1.807) is 6.07 Å². The van der Waals surface area contributed by atoms with Crippen LogP contribution in [0.25, 0.3) is 0 Å². The van der Waals surface area contributed by atoms with Crippen LogP contribution in [0.15, 0.2) is 24.3 Å². The summed E-state index contributed by atoms with van der Waals surface area (Å²) in [7, 11) is 4.39. The Hall–Kier alpha value is -1.06. The molecule has 2 rings (SSSR count). The largest absolute Gasteiger partial charge is 0.508 e. The lowest BCUT2D eigenvalue weighted by Gasteiger charge is -2.34. The lowest BCUT2D eigenvalue weighted by Crippen LogP contribution is -2.36. The van der Waals surface area contributed by atoms with Crippen LogP contribution in [0, 0.1) is 5.92 Å². The molecule has 0 aliphatic carbocycles. The lowest BCUT2D eigenvalue weighted by molar-refractivity contribution is 0.155. The van der Waals surface area contributed by atoms with E-state index >= 15 is 0 Å².